The van der Waals surface area contributed by atoms with Crippen molar-refractivity contribution in [1.29, 1.82) is 0 Å². The Morgan fingerprint density at radius 2 is 1.95 bits per heavy atom. The minimum Gasteiger partial charge on any atom is -0.322 e. The lowest BCUT2D eigenvalue weighted by Gasteiger charge is -2.32. The Kier molecular flexibility index (Phi) is 6.31. The van der Waals surface area contributed by atoms with Crippen molar-refractivity contribution in [3.8, 4) is 0 Å². The Labute approximate surface area is 127 Å². The lowest BCUT2D eigenvalue weighted by Crippen LogP contribution is -2.59. The van der Waals surface area contributed by atoms with Crippen molar-refractivity contribution in [2.45, 2.75) is 57.5 Å². The van der Waals surface area contributed by atoms with Crippen LogP contribution in [0.1, 0.15) is 46.0 Å². The second-order valence-electron chi connectivity index (χ2n) is 5.56. The van der Waals surface area contributed by atoms with Crippen LogP contribution < -0.4 is 11.5 Å². The van der Waals surface area contributed by atoms with Gasteiger partial charge in [-0.25, -0.2) is 8.42 Å². The Balaban J connectivity index is 2.87. The van der Waals surface area contributed by atoms with Crippen molar-refractivity contribution < 1.29 is 13.2 Å². The number of hydrogen-bond acceptors (Lipinski definition) is 5. The molecule has 1 aliphatic carbocycles. The summed E-state index contributed by atoms with van der Waals surface area (Å²) < 4.78 is 24.0. The van der Waals surface area contributed by atoms with Crippen molar-refractivity contribution in [1.82, 2.24) is 0 Å². The third-order valence-corrected chi connectivity index (χ3v) is 5.68. The van der Waals surface area contributed by atoms with Gasteiger partial charge in [0.15, 0.2) is 15.6 Å². The monoisotopic (exact) mass is 314 g/mol. The zero-order valence-corrected chi connectivity index (χ0v) is 13.7. The fraction of sp³-hybridized carbons (Fsp3) is 0.667. The largest absolute Gasteiger partial charge is 0.322 e. The highest BCUT2D eigenvalue weighted by molar-refractivity contribution is 7.95. The normalized spacial score (nSPS) is 25.7. The van der Waals surface area contributed by atoms with E-state index in [1.807, 2.05) is 0 Å². The van der Waals surface area contributed by atoms with Crippen LogP contribution in [0.2, 0.25) is 0 Å². The molecule has 2 unspecified atom stereocenters. The van der Waals surface area contributed by atoms with Gasteiger partial charge in [-0.2, -0.15) is 0 Å². The zero-order chi connectivity index (χ0) is 16.1. The number of Topliss-reactive ketones (excluding diaryl/α,β-unsaturated/α-hetero) is 1. The molecular formula is C15H26N2O3S. The molecule has 0 saturated heterocycles. The molecule has 0 spiro atoms. The average Bonchev–Trinajstić information content (AvgIpc) is 2.41. The Hall–Kier alpha value is -0.980. The summed E-state index contributed by atoms with van der Waals surface area (Å²) in [5.74, 6) is -0.0688. The van der Waals surface area contributed by atoms with Crippen LogP contribution in [0.3, 0.4) is 0 Å². The summed E-state index contributed by atoms with van der Waals surface area (Å²) in [5, 5.41) is 0. The van der Waals surface area contributed by atoms with Crippen LogP contribution in [0, 0.1) is 0 Å². The molecule has 0 aromatic carbocycles. The molecule has 0 aromatic heterocycles. The minimum atomic E-state index is -3.34. The van der Waals surface area contributed by atoms with E-state index in [0.717, 1.165) is 19.3 Å². The quantitative estimate of drug-likeness (QED) is 0.660. The fourth-order valence-corrected chi connectivity index (χ4v) is 3.73. The average molecular weight is 314 g/mol. The molecule has 21 heavy (non-hydrogen) atoms. The van der Waals surface area contributed by atoms with Crippen LogP contribution in [0.4, 0.5) is 0 Å². The van der Waals surface area contributed by atoms with Crippen molar-refractivity contribution in [2.24, 2.45) is 11.5 Å². The molecule has 0 radical (unpaired) electrons. The molecule has 5 nitrogen and oxygen atoms in total. The number of allylic oxidation sites excluding steroid dienone is 1. The standard InChI is InChI=1S/C15H26N2O3S/c1-3-5-6-7-14(18)15(17)9-8-12(11-13(15)16)21(19,20)10-4-2/h8-9,11,13H,3-7,10,16-17H2,1-2H3. The molecule has 0 heterocycles. The molecule has 6 heteroatoms. The molecule has 0 amide bonds. The van der Waals surface area contributed by atoms with Gasteiger partial charge in [-0.3, -0.25) is 4.79 Å². The number of nitrogens with two attached hydrogens (primary N) is 2. The number of ketones is 1. The van der Waals surface area contributed by atoms with Gasteiger partial charge in [0.2, 0.25) is 0 Å². The summed E-state index contributed by atoms with van der Waals surface area (Å²) in [6.45, 7) is 3.86. The molecule has 120 valence electrons. The van der Waals surface area contributed by atoms with Gasteiger partial charge in [-0.1, -0.05) is 32.8 Å². The van der Waals surface area contributed by atoms with Gasteiger partial charge in [0.05, 0.1) is 16.7 Å². The molecular weight excluding hydrogens is 288 g/mol. The molecule has 1 rings (SSSR count). The van der Waals surface area contributed by atoms with E-state index >= 15 is 0 Å². The van der Waals surface area contributed by atoms with Crippen molar-refractivity contribution in [2.75, 3.05) is 5.75 Å². The highest BCUT2D eigenvalue weighted by Crippen LogP contribution is 2.24. The maximum absolute atomic E-state index is 12.3. The van der Waals surface area contributed by atoms with E-state index in [-0.39, 0.29) is 16.4 Å². The first-order valence-electron chi connectivity index (χ1n) is 7.49. The first kappa shape index (κ1) is 18.1. The second kappa shape index (κ2) is 7.33. The van der Waals surface area contributed by atoms with Crippen molar-refractivity contribution in [3.63, 3.8) is 0 Å². The number of unbranched alkanes of at least 4 members (excludes halogenated alkanes) is 2. The van der Waals surface area contributed by atoms with Gasteiger partial charge in [0, 0.05) is 6.42 Å². The topological polar surface area (TPSA) is 103 Å². The van der Waals surface area contributed by atoms with E-state index < -0.39 is 21.4 Å². The van der Waals surface area contributed by atoms with E-state index in [1.165, 1.54) is 18.2 Å². The van der Waals surface area contributed by atoms with Gasteiger partial charge < -0.3 is 11.5 Å². The lowest BCUT2D eigenvalue weighted by atomic mass is 9.82. The summed E-state index contributed by atoms with van der Waals surface area (Å²) in [6, 6.07) is -0.807. The van der Waals surface area contributed by atoms with Crippen LogP contribution in [0.5, 0.6) is 0 Å². The number of carbonyl (C=O) groups is 1. The zero-order valence-electron chi connectivity index (χ0n) is 12.8. The van der Waals surface area contributed by atoms with Gasteiger partial charge in [-0.05, 0) is 25.0 Å². The number of carbonyl (C=O) groups excluding carboxylic acids is 1. The number of sulfone groups is 1. The Morgan fingerprint density at radius 3 is 2.48 bits per heavy atom. The summed E-state index contributed by atoms with van der Waals surface area (Å²) in [6.07, 6.45) is 7.95. The summed E-state index contributed by atoms with van der Waals surface area (Å²) in [7, 11) is -3.34. The van der Waals surface area contributed by atoms with E-state index in [9.17, 15) is 13.2 Å². The third kappa shape index (κ3) is 4.25. The SMILES string of the molecule is CCCCCC(=O)C1(N)C=CC(S(=O)(=O)CCC)=CC1N. The smallest absolute Gasteiger partial charge is 0.178 e. The fourth-order valence-electron chi connectivity index (χ4n) is 2.33. The van der Waals surface area contributed by atoms with Gasteiger partial charge >= 0.3 is 0 Å². The predicted molar refractivity (Wildman–Crippen MR) is 85.3 cm³/mol. The summed E-state index contributed by atoms with van der Waals surface area (Å²) >= 11 is 0. The molecule has 2 atom stereocenters. The van der Waals surface area contributed by atoms with Crippen LogP contribution in [-0.2, 0) is 14.6 Å². The van der Waals surface area contributed by atoms with E-state index in [1.54, 1.807) is 6.92 Å². The van der Waals surface area contributed by atoms with E-state index in [2.05, 4.69) is 6.92 Å². The molecule has 0 aromatic rings. The van der Waals surface area contributed by atoms with E-state index in [4.69, 9.17) is 11.5 Å². The maximum Gasteiger partial charge on any atom is 0.178 e. The minimum absolute atomic E-state index is 0.0674. The van der Waals surface area contributed by atoms with Crippen LogP contribution in [-0.4, -0.2) is 31.5 Å². The highest BCUT2D eigenvalue weighted by atomic mass is 32.2. The molecule has 0 fully saturated rings. The summed E-state index contributed by atoms with van der Waals surface area (Å²) in [4.78, 5) is 12.4. The number of hydrogen-bond donors (Lipinski definition) is 2. The molecule has 1 aliphatic rings. The van der Waals surface area contributed by atoms with Crippen LogP contribution >= 0.6 is 0 Å². The predicted octanol–water partition coefficient (Wildman–Crippen LogP) is 1.44. The van der Waals surface area contributed by atoms with Crippen molar-refractivity contribution >= 4 is 15.6 Å². The van der Waals surface area contributed by atoms with E-state index in [0.29, 0.717) is 12.8 Å². The third-order valence-electron chi connectivity index (χ3n) is 3.74. The van der Waals surface area contributed by atoms with Crippen molar-refractivity contribution in [3.05, 3.63) is 23.1 Å². The Morgan fingerprint density at radius 1 is 1.29 bits per heavy atom. The van der Waals surface area contributed by atoms with Gasteiger partial charge in [-0.15, -0.1) is 0 Å². The van der Waals surface area contributed by atoms with Gasteiger partial charge in [0.25, 0.3) is 0 Å². The second-order valence-corrected chi connectivity index (χ2v) is 7.67. The van der Waals surface area contributed by atoms with Crippen LogP contribution in [0.25, 0.3) is 0 Å². The number of rotatable bonds is 8. The van der Waals surface area contributed by atoms with Crippen LogP contribution in [0.15, 0.2) is 23.1 Å². The molecule has 0 bridgehead atoms. The molecule has 4 N–H and O–H groups in total. The Bertz CT molecular complexity index is 537. The summed E-state index contributed by atoms with van der Waals surface area (Å²) in [5.41, 5.74) is 10.8. The first-order chi connectivity index (χ1) is 9.78. The first-order valence-corrected chi connectivity index (χ1v) is 9.14. The molecule has 0 saturated carbocycles. The maximum atomic E-state index is 12.3. The lowest BCUT2D eigenvalue weighted by molar-refractivity contribution is -0.123. The highest BCUT2D eigenvalue weighted by Gasteiger charge is 2.39. The van der Waals surface area contributed by atoms with Gasteiger partial charge in [0.1, 0.15) is 5.54 Å². The molecule has 0 aliphatic heterocycles.